The zero-order chi connectivity index (χ0) is 24.5. The molecule has 0 bridgehead atoms. The van der Waals surface area contributed by atoms with Crippen molar-refractivity contribution in [3.8, 4) is 5.75 Å². The van der Waals surface area contributed by atoms with E-state index in [9.17, 15) is 9.59 Å². The van der Waals surface area contributed by atoms with Crippen LogP contribution in [0, 0.1) is 13.8 Å². The first-order valence-corrected chi connectivity index (χ1v) is 11.2. The second-order valence-corrected chi connectivity index (χ2v) is 6.61. The van der Waals surface area contributed by atoms with Crippen LogP contribution in [0.2, 0.25) is 0 Å². The molecule has 0 fully saturated rings. The Kier molecular flexibility index (Phi) is 15.4. The summed E-state index contributed by atoms with van der Waals surface area (Å²) < 4.78 is 16.1. The molecule has 0 radical (unpaired) electrons. The van der Waals surface area contributed by atoms with Crippen molar-refractivity contribution >= 4 is 25.0 Å². The molecule has 0 unspecified atom stereocenters. The molecule has 0 saturated heterocycles. The number of rotatable bonds is 10. The SMILES string of the molecule is CC.CC.CCN(C)CC(=O)OB(OC=O)c1ccc(OCc2c(C)cccc2C)cc1. The van der Waals surface area contributed by atoms with E-state index in [2.05, 4.69) is 26.0 Å². The van der Waals surface area contributed by atoms with Gasteiger partial charge in [-0.1, -0.05) is 65.0 Å². The van der Waals surface area contributed by atoms with E-state index in [1.807, 2.05) is 40.7 Å². The molecule has 2 aromatic carbocycles. The topological polar surface area (TPSA) is 65.1 Å². The fourth-order valence-electron chi connectivity index (χ4n) is 2.67. The monoisotopic (exact) mass is 443 g/mol. The van der Waals surface area contributed by atoms with Gasteiger partial charge in [0.2, 0.25) is 0 Å². The number of carbonyl (C=O) groups is 2. The van der Waals surface area contributed by atoms with Gasteiger partial charge in [0, 0.05) is 5.46 Å². The normalized spacial score (nSPS) is 9.53. The summed E-state index contributed by atoms with van der Waals surface area (Å²) in [7, 11) is 0.724. The Morgan fingerprint density at radius 2 is 1.56 bits per heavy atom. The minimum Gasteiger partial charge on any atom is -0.498 e. The van der Waals surface area contributed by atoms with E-state index >= 15 is 0 Å². The number of benzene rings is 2. The molecule has 2 aromatic rings. The van der Waals surface area contributed by atoms with Gasteiger partial charge in [-0.3, -0.25) is 14.5 Å². The fraction of sp³-hybridized carbons (Fsp3) is 0.440. The van der Waals surface area contributed by atoms with Crippen molar-refractivity contribution < 1.29 is 23.6 Å². The molecule has 7 heteroatoms. The van der Waals surface area contributed by atoms with Crippen molar-refractivity contribution in [1.29, 1.82) is 0 Å². The highest BCUT2D eigenvalue weighted by atomic mass is 16.6. The van der Waals surface area contributed by atoms with Gasteiger partial charge in [0.1, 0.15) is 12.4 Å². The number of hydrogen-bond donors (Lipinski definition) is 0. The first-order chi connectivity index (χ1) is 15.4. The second kappa shape index (κ2) is 16.8. The van der Waals surface area contributed by atoms with E-state index in [1.165, 1.54) is 11.1 Å². The second-order valence-electron chi connectivity index (χ2n) is 6.61. The van der Waals surface area contributed by atoms with Crippen LogP contribution >= 0.6 is 0 Å². The molecule has 0 amide bonds. The van der Waals surface area contributed by atoms with Gasteiger partial charge >= 0.3 is 13.1 Å². The number of hydrogen-bond acceptors (Lipinski definition) is 6. The lowest BCUT2D eigenvalue weighted by Gasteiger charge is -2.16. The zero-order valence-corrected chi connectivity index (χ0v) is 20.8. The van der Waals surface area contributed by atoms with E-state index in [4.69, 9.17) is 14.0 Å². The number of nitrogens with zero attached hydrogens (tertiary/aromatic N) is 1. The molecule has 0 aliphatic heterocycles. The Hall–Kier alpha value is -2.80. The Balaban J connectivity index is 0.00000227. The van der Waals surface area contributed by atoms with Gasteiger partial charge in [-0.15, -0.1) is 0 Å². The largest absolute Gasteiger partial charge is 0.636 e. The molecule has 2 rings (SSSR count). The summed E-state index contributed by atoms with van der Waals surface area (Å²) >= 11 is 0. The third-order valence-electron chi connectivity index (χ3n) is 4.54. The van der Waals surface area contributed by atoms with Crippen LogP contribution in [0.4, 0.5) is 0 Å². The average molecular weight is 443 g/mol. The van der Waals surface area contributed by atoms with E-state index in [1.54, 1.807) is 36.2 Å². The Morgan fingerprint density at radius 1 is 1.00 bits per heavy atom. The quantitative estimate of drug-likeness (QED) is 0.403. The molecule has 0 atom stereocenters. The molecular formula is C25H38BNO5. The third kappa shape index (κ3) is 10.0. The van der Waals surface area contributed by atoms with E-state index in [-0.39, 0.29) is 13.0 Å². The van der Waals surface area contributed by atoms with Gasteiger partial charge in [0.05, 0.1) is 6.54 Å². The minimum atomic E-state index is -1.08. The summed E-state index contributed by atoms with van der Waals surface area (Å²) in [6.07, 6.45) is 0. The van der Waals surface area contributed by atoms with Crippen LogP contribution in [-0.4, -0.2) is 44.6 Å². The smallest absolute Gasteiger partial charge is 0.498 e. The maximum absolute atomic E-state index is 12.0. The molecule has 0 aliphatic carbocycles. The molecule has 176 valence electrons. The standard InChI is InChI=1S/C21H26BNO5.2C2H6/c1-5-23(4)13-21(25)28-22(27-15-24)18-9-11-19(12-10-18)26-14-20-16(2)7-6-8-17(20)3;2*1-2/h6-12,15H,5,13-14H2,1-4H3;2*1-2H3. The highest BCUT2D eigenvalue weighted by Gasteiger charge is 2.28. The highest BCUT2D eigenvalue weighted by Crippen LogP contribution is 2.17. The molecule has 0 aliphatic rings. The lowest BCUT2D eigenvalue weighted by molar-refractivity contribution is -0.137. The predicted octanol–water partition coefficient (Wildman–Crippen LogP) is 4.30. The van der Waals surface area contributed by atoms with E-state index in [0.717, 1.165) is 5.56 Å². The van der Waals surface area contributed by atoms with Crippen molar-refractivity contribution in [2.24, 2.45) is 0 Å². The van der Waals surface area contributed by atoms with Crippen LogP contribution in [-0.2, 0) is 25.5 Å². The summed E-state index contributed by atoms with van der Waals surface area (Å²) in [4.78, 5) is 24.6. The average Bonchev–Trinajstić information content (AvgIpc) is 2.81. The molecule has 0 spiro atoms. The van der Waals surface area contributed by atoms with E-state index < -0.39 is 13.1 Å². The van der Waals surface area contributed by atoms with Crippen molar-refractivity contribution in [3.63, 3.8) is 0 Å². The van der Waals surface area contributed by atoms with Gasteiger partial charge in [-0.25, -0.2) is 0 Å². The molecule has 32 heavy (non-hydrogen) atoms. The fourth-order valence-corrected chi connectivity index (χ4v) is 2.67. The maximum atomic E-state index is 12.0. The molecule has 0 aromatic heterocycles. The van der Waals surface area contributed by atoms with Crippen molar-refractivity contribution in [2.75, 3.05) is 20.1 Å². The first-order valence-electron chi connectivity index (χ1n) is 11.2. The number of likely N-dealkylation sites (N-methyl/N-ethyl adjacent to an activating group) is 1. The Bertz CT molecular complexity index is 775. The third-order valence-corrected chi connectivity index (χ3v) is 4.54. The summed E-state index contributed by atoms with van der Waals surface area (Å²) in [6.45, 7) is 15.6. The summed E-state index contributed by atoms with van der Waals surface area (Å²) in [5.74, 6) is 0.208. The van der Waals surface area contributed by atoms with E-state index in [0.29, 0.717) is 24.4 Å². The maximum Gasteiger partial charge on any atom is 0.636 e. The lowest BCUT2D eigenvalue weighted by atomic mass is 9.79. The van der Waals surface area contributed by atoms with Crippen LogP contribution in [0.5, 0.6) is 5.75 Å². The van der Waals surface area contributed by atoms with Gasteiger partial charge in [-0.2, -0.15) is 0 Å². The van der Waals surface area contributed by atoms with Crippen LogP contribution < -0.4 is 10.2 Å². The summed E-state index contributed by atoms with van der Waals surface area (Å²) in [6, 6.07) is 13.1. The first kappa shape index (κ1) is 29.2. The lowest BCUT2D eigenvalue weighted by Crippen LogP contribution is -2.41. The van der Waals surface area contributed by atoms with Crippen molar-refractivity contribution in [1.82, 2.24) is 4.90 Å². The van der Waals surface area contributed by atoms with Gasteiger partial charge in [0.25, 0.3) is 6.47 Å². The van der Waals surface area contributed by atoms with Gasteiger partial charge in [-0.05, 0) is 56.3 Å². The minimum absolute atomic E-state index is 0.117. The van der Waals surface area contributed by atoms with Crippen LogP contribution in [0.1, 0.15) is 51.3 Å². The van der Waals surface area contributed by atoms with Crippen molar-refractivity contribution in [3.05, 3.63) is 59.2 Å². The van der Waals surface area contributed by atoms with Crippen LogP contribution in [0.3, 0.4) is 0 Å². The van der Waals surface area contributed by atoms with Crippen molar-refractivity contribution in [2.45, 2.75) is 55.1 Å². The van der Waals surface area contributed by atoms with Crippen LogP contribution in [0.15, 0.2) is 42.5 Å². The predicted molar refractivity (Wildman–Crippen MR) is 131 cm³/mol. The van der Waals surface area contributed by atoms with Gasteiger partial charge < -0.3 is 14.0 Å². The summed E-state index contributed by atoms with van der Waals surface area (Å²) in [5, 5.41) is 0. The molecule has 0 saturated carbocycles. The summed E-state index contributed by atoms with van der Waals surface area (Å²) in [5.41, 5.74) is 4.07. The molecule has 0 heterocycles. The van der Waals surface area contributed by atoms with Gasteiger partial charge in [0.15, 0.2) is 0 Å². The number of aryl methyl sites for hydroxylation is 2. The Morgan fingerprint density at radius 3 is 2.06 bits per heavy atom. The molecule has 0 N–H and O–H groups in total. The zero-order valence-electron chi connectivity index (χ0n) is 20.8. The van der Waals surface area contributed by atoms with Crippen LogP contribution in [0.25, 0.3) is 0 Å². The molecular weight excluding hydrogens is 405 g/mol. The molecule has 6 nitrogen and oxygen atoms in total. The number of ether oxygens (including phenoxy) is 1. The Labute approximate surface area is 194 Å². The number of carbonyl (C=O) groups excluding carboxylic acids is 2. The highest BCUT2D eigenvalue weighted by molar-refractivity contribution is 6.63.